The Balaban J connectivity index is 1.51. The summed E-state index contributed by atoms with van der Waals surface area (Å²) in [6, 6.07) is 12.0. The van der Waals surface area contributed by atoms with Gasteiger partial charge in [0.15, 0.2) is 0 Å². The number of likely N-dealkylation sites (tertiary alicyclic amines) is 1. The van der Waals surface area contributed by atoms with Gasteiger partial charge in [-0.2, -0.15) is 0 Å². The second-order valence-electron chi connectivity index (χ2n) is 6.20. The largest absolute Gasteiger partial charge is 0.450 e. The number of fused-ring (bicyclic) bond motifs is 2. The molecular formula is C18H17ClN2O2. The monoisotopic (exact) mass is 328 g/mol. The summed E-state index contributed by atoms with van der Waals surface area (Å²) >= 11 is 5.90. The smallest absolute Gasteiger partial charge is 0.339 e. The second kappa shape index (κ2) is 5.62. The fraction of sp³-hybridized carbons (Fsp3) is 0.333. The minimum Gasteiger partial charge on any atom is -0.450 e. The summed E-state index contributed by atoms with van der Waals surface area (Å²) in [5, 5.41) is 0.333. The van der Waals surface area contributed by atoms with Crippen LogP contribution >= 0.6 is 11.6 Å². The zero-order valence-corrected chi connectivity index (χ0v) is 13.4. The van der Waals surface area contributed by atoms with Gasteiger partial charge < -0.3 is 4.74 Å². The molecule has 0 aliphatic carbocycles. The molecule has 1 spiro atoms. The maximum absolute atomic E-state index is 12.1. The molecule has 0 amide bonds. The van der Waals surface area contributed by atoms with Crippen LogP contribution in [0.2, 0.25) is 5.15 Å². The fourth-order valence-corrected chi connectivity index (χ4v) is 3.69. The first-order valence-corrected chi connectivity index (χ1v) is 8.20. The average molecular weight is 329 g/mol. The normalized spacial score (nSPS) is 19.6. The van der Waals surface area contributed by atoms with E-state index in [0.717, 1.165) is 38.0 Å². The van der Waals surface area contributed by atoms with Crippen LogP contribution in [0.3, 0.4) is 0 Å². The Bertz CT molecular complexity index is 740. The summed E-state index contributed by atoms with van der Waals surface area (Å²) in [7, 11) is 0. The first kappa shape index (κ1) is 14.7. The lowest BCUT2D eigenvalue weighted by Crippen LogP contribution is -2.42. The van der Waals surface area contributed by atoms with Gasteiger partial charge in [0, 0.05) is 44.2 Å². The predicted molar refractivity (Wildman–Crippen MR) is 87.3 cm³/mol. The number of halogens is 1. The SMILES string of the molecule is O=C1OC2(CCN(Cc3ccccc3)CC2)c2cnc(Cl)cc21. The van der Waals surface area contributed by atoms with Crippen LogP contribution in [0, 0.1) is 0 Å². The molecule has 23 heavy (non-hydrogen) atoms. The predicted octanol–water partition coefficient (Wildman–Crippen LogP) is 3.40. The molecule has 5 heteroatoms. The maximum atomic E-state index is 12.1. The highest BCUT2D eigenvalue weighted by Gasteiger charge is 2.47. The number of ether oxygens (including phenoxy) is 1. The number of rotatable bonds is 2. The molecule has 0 atom stereocenters. The Morgan fingerprint density at radius 3 is 2.70 bits per heavy atom. The number of hydrogen-bond donors (Lipinski definition) is 0. The van der Waals surface area contributed by atoms with Crippen molar-refractivity contribution in [2.75, 3.05) is 13.1 Å². The van der Waals surface area contributed by atoms with Gasteiger partial charge in [0.05, 0.1) is 5.56 Å². The third kappa shape index (κ3) is 2.62. The Hall–Kier alpha value is -1.91. The van der Waals surface area contributed by atoms with Crippen molar-refractivity contribution in [3.8, 4) is 0 Å². The van der Waals surface area contributed by atoms with Gasteiger partial charge in [0.2, 0.25) is 0 Å². The zero-order chi connectivity index (χ0) is 15.9. The lowest BCUT2D eigenvalue weighted by atomic mass is 9.84. The number of hydrogen-bond acceptors (Lipinski definition) is 4. The lowest BCUT2D eigenvalue weighted by molar-refractivity contribution is -0.0441. The Kier molecular flexibility index (Phi) is 3.58. The van der Waals surface area contributed by atoms with E-state index in [2.05, 4.69) is 34.1 Å². The summed E-state index contributed by atoms with van der Waals surface area (Å²) in [6.07, 6.45) is 3.29. The van der Waals surface area contributed by atoms with Gasteiger partial charge in [0.25, 0.3) is 0 Å². The number of aromatic nitrogens is 1. The molecule has 4 nitrogen and oxygen atoms in total. The zero-order valence-electron chi connectivity index (χ0n) is 12.7. The number of benzene rings is 1. The molecule has 0 unspecified atom stereocenters. The van der Waals surface area contributed by atoms with E-state index in [1.807, 2.05) is 6.07 Å². The standard InChI is InChI=1S/C18H17ClN2O2/c19-16-10-14-15(11-20-16)18(23-17(14)22)6-8-21(9-7-18)12-13-4-2-1-3-5-13/h1-5,10-11H,6-9,12H2. The molecule has 4 rings (SSSR count). The van der Waals surface area contributed by atoms with Gasteiger partial charge >= 0.3 is 5.97 Å². The van der Waals surface area contributed by atoms with Gasteiger partial charge in [-0.15, -0.1) is 0 Å². The number of nitrogens with zero attached hydrogens (tertiary/aromatic N) is 2. The van der Waals surface area contributed by atoms with Crippen molar-refractivity contribution in [2.45, 2.75) is 25.0 Å². The van der Waals surface area contributed by atoms with E-state index in [0.29, 0.717) is 10.7 Å². The van der Waals surface area contributed by atoms with Crippen LogP contribution in [0.15, 0.2) is 42.6 Å². The van der Waals surface area contributed by atoms with Crippen LogP contribution < -0.4 is 0 Å². The van der Waals surface area contributed by atoms with Crippen LogP contribution in [0.4, 0.5) is 0 Å². The van der Waals surface area contributed by atoms with Crippen LogP contribution in [0.5, 0.6) is 0 Å². The van der Waals surface area contributed by atoms with Crippen molar-refractivity contribution in [3.63, 3.8) is 0 Å². The minimum absolute atomic E-state index is 0.277. The molecule has 2 aromatic rings. The van der Waals surface area contributed by atoms with Crippen LogP contribution in [0.25, 0.3) is 0 Å². The third-order valence-corrected chi connectivity index (χ3v) is 4.99. The molecule has 1 aromatic carbocycles. The first-order valence-electron chi connectivity index (χ1n) is 7.82. The van der Waals surface area contributed by atoms with E-state index >= 15 is 0 Å². The van der Waals surface area contributed by atoms with E-state index < -0.39 is 5.60 Å². The third-order valence-electron chi connectivity index (χ3n) is 4.78. The Morgan fingerprint density at radius 1 is 1.22 bits per heavy atom. The summed E-state index contributed by atoms with van der Waals surface area (Å²) in [5.41, 5.74) is 2.26. The number of esters is 1. The molecule has 0 bridgehead atoms. The molecule has 118 valence electrons. The van der Waals surface area contributed by atoms with E-state index in [4.69, 9.17) is 16.3 Å². The quantitative estimate of drug-likeness (QED) is 0.626. The van der Waals surface area contributed by atoms with Gasteiger partial charge in [-0.05, 0) is 11.6 Å². The maximum Gasteiger partial charge on any atom is 0.339 e. The van der Waals surface area contributed by atoms with Gasteiger partial charge in [-0.3, -0.25) is 4.90 Å². The lowest BCUT2D eigenvalue weighted by Gasteiger charge is -2.38. The number of carbonyl (C=O) groups is 1. The number of pyridine rings is 1. The summed E-state index contributed by atoms with van der Waals surface area (Å²) in [5.74, 6) is -0.277. The topological polar surface area (TPSA) is 42.4 Å². The number of piperidine rings is 1. The minimum atomic E-state index is -0.517. The fourth-order valence-electron chi connectivity index (χ4n) is 3.53. The highest BCUT2D eigenvalue weighted by molar-refractivity contribution is 6.29. The van der Waals surface area contributed by atoms with Gasteiger partial charge in [0.1, 0.15) is 10.8 Å². The molecule has 3 heterocycles. The molecule has 1 aromatic heterocycles. The molecule has 0 N–H and O–H groups in total. The van der Waals surface area contributed by atoms with Crippen molar-refractivity contribution in [1.82, 2.24) is 9.88 Å². The molecule has 0 saturated carbocycles. The highest BCUT2D eigenvalue weighted by Crippen LogP contribution is 2.44. The van der Waals surface area contributed by atoms with Crippen LogP contribution in [-0.2, 0) is 16.9 Å². The molecule has 2 aliphatic heterocycles. The van der Waals surface area contributed by atoms with Crippen LogP contribution in [-0.4, -0.2) is 28.9 Å². The van der Waals surface area contributed by atoms with E-state index in [1.54, 1.807) is 12.3 Å². The summed E-state index contributed by atoms with van der Waals surface area (Å²) in [6.45, 7) is 2.71. The molecule has 0 radical (unpaired) electrons. The molecule has 2 aliphatic rings. The van der Waals surface area contributed by atoms with Crippen molar-refractivity contribution in [3.05, 3.63) is 64.4 Å². The molecular weight excluding hydrogens is 312 g/mol. The Morgan fingerprint density at radius 2 is 1.96 bits per heavy atom. The number of carbonyl (C=O) groups excluding carboxylic acids is 1. The van der Waals surface area contributed by atoms with Crippen molar-refractivity contribution < 1.29 is 9.53 Å². The van der Waals surface area contributed by atoms with Crippen molar-refractivity contribution in [2.24, 2.45) is 0 Å². The summed E-state index contributed by atoms with van der Waals surface area (Å²) < 4.78 is 5.75. The molecule has 1 saturated heterocycles. The van der Waals surface area contributed by atoms with E-state index in [-0.39, 0.29) is 5.97 Å². The van der Waals surface area contributed by atoms with E-state index in [9.17, 15) is 4.79 Å². The van der Waals surface area contributed by atoms with Crippen LogP contribution in [0.1, 0.15) is 34.3 Å². The van der Waals surface area contributed by atoms with Gasteiger partial charge in [-0.1, -0.05) is 41.9 Å². The summed E-state index contributed by atoms with van der Waals surface area (Å²) in [4.78, 5) is 18.7. The first-order chi connectivity index (χ1) is 11.2. The van der Waals surface area contributed by atoms with Crippen molar-refractivity contribution in [1.29, 1.82) is 0 Å². The molecule has 1 fully saturated rings. The highest BCUT2D eigenvalue weighted by atomic mass is 35.5. The average Bonchev–Trinajstić information content (AvgIpc) is 2.83. The van der Waals surface area contributed by atoms with E-state index in [1.165, 1.54) is 5.56 Å². The van der Waals surface area contributed by atoms with Crippen molar-refractivity contribution >= 4 is 17.6 Å². The van der Waals surface area contributed by atoms with Gasteiger partial charge in [-0.25, -0.2) is 9.78 Å². The Labute approximate surface area is 140 Å². The second-order valence-corrected chi connectivity index (χ2v) is 6.59.